The van der Waals surface area contributed by atoms with Gasteiger partial charge in [0.1, 0.15) is 0 Å². The molecule has 7 heteroatoms. The van der Waals surface area contributed by atoms with Crippen molar-refractivity contribution in [3.8, 4) is 0 Å². The van der Waals surface area contributed by atoms with Crippen molar-refractivity contribution in [2.75, 3.05) is 18.0 Å². The van der Waals surface area contributed by atoms with Gasteiger partial charge in [0.15, 0.2) is 0 Å². The van der Waals surface area contributed by atoms with Crippen LogP contribution in [0, 0.1) is 0 Å². The number of aryl methyl sites for hydroxylation is 1. The highest BCUT2D eigenvalue weighted by molar-refractivity contribution is 5.92. The fourth-order valence-corrected chi connectivity index (χ4v) is 1.85. The number of carbonyl (C=O) groups excluding carboxylic acids is 1. The molecule has 0 saturated carbocycles. The van der Waals surface area contributed by atoms with Crippen molar-refractivity contribution in [1.29, 1.82) is 0 Å². The highest BCUT2D eigenvalue weighted by atomic mass is 35.5. The van der Waals surface area contributed by atoms with Crippen LogP contribution in [0.1, 0.15) is 12.0 Å². The van der Waals surface area contributed by atoms with Gasteiger partial charge in [0.05, 0.1) is 6.33 Å². The Morgan fingerprint density at radius 3 is 2.91 bits per heavy atom. The highest BCUT2D eigenvalue weighted by Gasteiger charge is 1.98. The van der Waals surface area contributed by atoms with E-state index in [9.17, 15) is 4.79 Å². The molecular weight excluding hydrogens is 302 g/mol. The third kappa shape index (κ3) is 5.49. The van der Waals surface area contributed by atoms with Crippen molar-refractivity contribution in [3.63, 3.8) is 0 Å². The molecule has 0 atom stereocenters. The molecule has 0 aliphatic heterocycles. The molecule has 0 unspecified atom stereocenters. The summed E-state index contributed by atoms with van der Waals surface area (Å²) < 4.78 is 1.97. The number of nitrogens with two attached hydrogens (primary N) is 2. The van der Waals surface area contributed by atoms with E-state index >= 15 is 0 Å². The van der Waals surface area contributed by atoms with Gasteiger partial charge in [0.2, 0.25) is 5.91 Å². The summed E-state index contributed by atoms with van der Waals surface area (Å²) in [7, 11) is 0. The lowest BCUT2D eigenvalue weighted by atomic mass is 10.1. The van der Waals surface area contributed by atoms with Crippen molar-refractivity contribution in [3.05, 3.63) is 48.6 Å². The van der Waals surface area contributed by atoms with Crippen LogP contribution in [0.3, 0.4) is 0 Å². The van der Waals surface area contributed by atoms with Gasteiger partial charge in [0, 0.05) is 42.9 Å². The first-order chi connectivity index (χ1) is 10.1. The van der Waals surface area contributed by atoms with E-state index in [4.69, 9.17) is 11.5 Å². The van der Waals surface area contributed by atoms with Gasteiger partial charge in [0.25, 0.3) is 0 Å². The summed E-state index contributed by atoms with van der Waals surface area (Å²) >= 11 is 0. The first kappa shape index (κ1) is 17.6. The highest BCUT2D eigenvalue weighted by Crippen LogP contribution is 2.16. The van der Waals surface area contributed by atoms with Gasteiger partial charge < -0.3 is 21.4 Å². The van der Waals surface area contributed by atoms with Crippen molar-refractivity contribution in [2.24, 2.45) is 0 Å². The molecule has 2 rings (SSSR count). The van der Waals surface area contributed by atoms with E-state index in [2.05, 4.69) is 10.3 Å². The van der Waals surface area contributed by atoms with Gasteiger partial charge in [-0.3, -0.25) is 4.79 Å². The second-order valence-electron chi connectivity index (χ2n) is 4.67. The third-order valence-corrected chi connectivity index (χ3v) is 2.98. The van der Waals surface area contributed by atoms with Crippen LogP contribution in [-0.4, -0.2) is 22.0 Å². The van der Waals surface area contributed by atoms with Crippen LogP contribution in [0.4, 0.5) is 11.4 Å². The number of nitrogens with one attached hydrogen (secondary N) is 1. The summed E-state index contributed by atoms with van der Waals surface area (Å²) in [6.07, 6.45) is 9.35. The number of aromatic nitrogens is 2. The minimum Gasteiger partial charge on any atom is -0.399 e. The molecule has 6 nitrogen and oxygen atoms in total. The Kier molecular flexibility index (Phi) is 6.98. The number of benzene rings is 1. The molecule has 118 valence electrons. The zero-order valence-corrected chi connectivity index (χ0v) is 12.9. The zero-order chi connectivity index (χ0) is 15.1. The second kappa shape index (κ2) is 8.74. The van der Waals surface area contributed by atoms with Crippen LogP contribution in [-0.2, 0) is 11.3 Å². The van der Waals surface area contributed by atoms with E-state index < -0.39 is 0 Å². The minimum absolute atomic E-state index is 0. The first-order valence-electron chi connectivity index (χ1n) is 6.72. The van der Waals surface area contributed by atoms with E-state index in [0.29, 0.717) is 17.9 Å². The molecule has 0 fully saturated rings. The molecule has 5 N–H and O–H groups in total. The maximum atomic E-state index is 11.7. The quantitative estimate of drug-likeness (QED) is 0.428. The number of carbonyl (C=O) groups is 1. The second-order valence-corrected chi connectivity index (χ2v) is 4.67. The molecule has 0 aliphatic carbocycles. The predicted molar refractivity (Wildman–Crippen MR) is 91.4 cm³/mol. The number of nitrogen functional groups attached to an aromatic ring is 2. The number of nitrogens with zero attached hydrogens (tertiary/aromatic N) is 2. The molecule has 0 saturated heterocycles. The lowest BCUT2D eigenvalue weighted by Crippen LogP contribution is -2.23. The van der Waals surface area contributed by atoms with E-state index in [0.717, 1.165) is 18.5 Å². The normalized spacial score (nSPS) is 10.4. The number of amides is 1. The van der Waals surface area contributed by atoms with Gasteiger partial charge in [-0.15, -0.1) is 12.4 Å². The van der Waals surface area contributed by atoms with Crippen LogP contribution in [0.15, 0.2) is 43.0 Å². The van der Waals surface area contributed by atoms with Crippen molar-refractivity contribution < 1.29 is 4.79 Å². The average molecular weight is 322 g/mol. The zero-order valence-electron chi connectivity index (χ0n) is 12.1. The van der Waals surface area contributed by atoms with Crippen LogP contribution >= 0.6 is 12.4 Å². The average Bonchev–Trinajstić information content (AvgIpc) is 2.98. The van der Waals surface area contributed by atoms with Crippen molar-refractivity contribution in [1.82, 2.24) is 14.9 Å². The molecule has 1 heterocycles. The van der Waals surface area contributed by atoms with Crippen molar-refractivity contribution in [2.45, 2.75) is 13.0 Å². The molecule has 1 amide bonds. The lowest BCUT2D eigenvalue weighted by Gasteiger charge is -2.04. The molecule has 0 radical (unpaired) electrons. The standard InChI is InChI=1S/C15H19N5O.ClH/c16-13-3-4-14(17)12(10-13)2-5-15(21)19-6-1-8-20-9-7-18-11-20;/h2-5,7,9-11H,1,6,8,16-17H2,(H,19,21);1H/b5-2+;. The number of anilines is 2. The molecule has 22 heavy (non-hydrogen) atoms. The minimum atomic E-state index is -0.151. The Labute approximate surface area is 135 Å². The Balaban J connectivity index is 0.00000242. The molecule has 1 aromatic carbocycles. The van der Waals surface area contributed by atoms with E-state index in [1.54, 1.807) is 36.8 Å². The number of imidazole rings is 1. The Bertz CT molecular complexity index is 625. The smallest absolute Gasteiger partial charge is 0.244 e. The van der Waals surface area contributed by atoms with Gasteiger partial charge >= 0.3 is 0 Å². The van der Waals surface area contributed by atoms with E-state index in [1.165, 1.54) is 6.08 Å². The monoisotopic (exact) mass is 321 g/mol. The Morgan fingerprint density at radius 2 is 2.18 bits per heavy atom. The maximum absolute atomic E-state index is 11.7. The molecule has 0 spiro atoms. The maximum Gasteiger partial charge on any atom is 0.244 e. The largest absolute Gasteiger partial charge is 0.399 e. The molecular formula is C15H20ClN5O. The van der Waals surface area contributed by atoms with Crippen LogP contribution < -0.4 is 16.8 Å². The first-order valence-corrected chi connectivity index (χ1v) is 6.72. The third-order valence-electron chi connectivity index (χ3n) is 2.98. The predicted octanol–water partition coefficient (Wildman–Crippen LogP) is 1.69. The lowest BCUT2D eigenvalue weighted by molar-refractivity contribution is -0.116. The van der Waals surface area contributed by atoms with Crippen LogP contribution in [0.25, 0.3) is 6.08 Å². The number of halogens is 1. The fraction of sp³-hybridized carbons (Fsp3) is 0.200. The molecule has 0 aliphatic rings. The molecule has 2 aromatic rings. The summed E-state index contributed by atoms with van der Waals surface area (Å²) in [4.78, 5) is 15.6. The Hall–Kier alpha value is -2.47. The van der Waals surface area contributed by atoms with Crippen molar-refractivity contribution >= 4 is 35.8 Å². The SMILES string of the molecule is Cl.Nc1ccc(N)c(/C=C/C(=O)NCCCn2ccnc2)c1. The van der Waals surface area contributed by atoms with Gasteiger partial charge in [-0.1, -0.05) is 0 Å². The fourth-order valence-electron chi connectivity index (χ4n) is 1.85. The summed E-state index contributed by atoms with van der Waals surface area (Å²) in [5, 5.41) is 2.82. The van der Waals surface area contributed by atoms with Gasteiger partial charge in [-0.2, -0.15) is 0 Å². The van der Waals surface area contributed by atoms with E-state index in [1.807, 2.05) is 10.8 Å². The number of hydrogen-bond acceptors (Lipinski definition) is 4. The number of hydrogen-bond donors (Lipinski definition) is 3. The molecule has 0 bridgehead atoms. The summed E-state index contributed by atoms with van der Waals surface area (Å²) in [6, 6.07) is 5.18. The number of rotatable bonds is 6. The van der Waals surface area contributed by atoms with E-state index in [-0.39, 0.29) is 18.3 Å². The summed E-state index contributed by atoms with van der Waals surface area (Å²) in [6.45, 7) is 1.43. The summed E-state index contributed by atoms with van der Waals surface area (Å²) in [5.41, 5.74) is 13.4. The van der Waals surface area contributed by atoms with Crippen LogP contribution in [0.5, 0.6) is 0 Å². The Morgan fingerprint density at radius 1 is 1.36 bits per heavy atom. The van der Waals surface area contributed by atoms with Gasteiger partial charge in [-0.25, -0.2) is 4.98 Å². The topological polar surface area (TPSA) is 99.0 Å². The molecule has 1 aromatic heterocycles. The van der Waals surface area contributed by atoms with Crippen LogP contribution in [0.2, 0.25) is 0 Å². The van der Waals surface area contributed by atoms with Gasteiger partial charge in [-0.05, 0) is 36.3 Å². The summed E-state index contributed by atoms with van der Waals surface area (Å²) in [5.74, 6) is -0.151.